The number of nitrogens with one attached hydrogen (secondary N) is 1. The zero-order valence-corrected chi connectivity index (χ0v) is 11.9. The summed E-state index contributed by atoms with van der Waals surface area (Å²) in [4.78, 5) is 12.4. The van der Waals surface area contributed by atoms with E-state index in [-0.39, 0.29) is 25.3 Å². The number of halogens is 1. The Hall–Kier alpha value is -1.66. The van der Waals surface area contributed by atoms with Crippen LogP contribution in [-0.4, -0.2) is 54.6 Å². The largest absolute Gasteiger partial charge is 0.465 e. The first-order valence-corrected chi connectivity index (χ1v) is 7.13. The van der Waals surface area contributed by atoms with E-state index >= 15 is 0 Å². The third-order valence-electron chi connectivity index (χ3n) is 3.65. The summed E-state index contributed by atoms with van der Waals surface area (Å²) in [6, 6.07) is 9.99. The molecular weight excluding hydrogens is 275 g/mol. The highest BCUT2D eigenvalue weighted by Crippen LogP contribution is 2.15. The van der Waals surface area contributed by atoms with E-state index in [0.717, 1.165) is 5.56 Å². The summed E-state index contributed by atoms with van der Waals surface area (Å²) in [5.74, 6) is 0. The molecule has 0 aromatic heterocycles. The van der Waals surface area contributed by atoms with Gasteiger partial charge in [0.1, 0.15) is 6.67 Å². The van der Waals surface area contributed by atoms with Crippen molar-refractivity contribution >= 4 is 6.09 Å². The van der Waals surface area contributed by atoms with Gasteiger partial charge < -0.3 is 20.1 Å². The smallest absolute Gasteiger partial charge is 0.407 e. The lowest BCUT2D eigenvalue weighted by atomic mass is 10.0. The molecule has 2 N–H and O–H groups in total. The van der Waals surface area contributed by atoms with E-state index < -0.39 is 12.8 Å². The molecule has 116 valence electrons. The molecule has 0 aliphatic carbocycles. The van der Waals surface area contributed by atoms with Gasteiger partial charge in [-0.2, -0.15) is 0 Å². The van der Waals surface area contributed by atoms with Crippen LogP contribution in [0.15, 0.2) is 30.3 Å². The van der Waals surface area contributed by atoms with Crippen molar-refractivity contribution in [3.05, 3.63) is 35.9 Å². The molecule has 5 nitrogen and oxygen atoms in total. The van der Waals surface area contributed by atoms with Crippen LogP contribution in [-0.2, 0) is 11.3 Å². The summed E-state index contributed by atoms with van der Waals surface area (Å²) in [7, 11) is 0. The number of ether oxygens (including phenoxy) is 1. The third kappa shape index (κ3) is 4.68. The van der Waals surface area contributed by atoms with Crippen LogP contribution in [0.1, 0.15) is 12.0 Å². The lowest BCUT2D eigenvalue weighted by Crippen LogP contribution is -2.54. The van der Waals surface area contributed by atoms with Crippen molar-refractivity contribution in [2.24, 2.45) is 0 Å². The Morgan fingerprint density at radius 3 is 2.86 bits per heavy atom. The van der Waals surface area contributed by atoms with E-state index in [9.17, 15) is 9.18 Å². The Morgan fingerprint density at radius 1 is 1.43 bits per heavy atom. The fourth-order valence-corrected chi connectivity index (χ4v) is 2.53. The number of hydrogen-bond donors (Lipinski definition) is 2. The molecule has 1 heterocycles. The maximum atomic E-state index is 12.3. The summed E-state index contributed by atoms with van der Waals surface area (Å²) in [5.41, 5.74) is 1.16. The van der Waals surface area contributed by atoms with Crippen LogP contribution in [0.25, 0.3) is 0 Å². The highest BCUT2D eigenvalue weighted by Gasteiger charge is 2.31. The molecule has 6 heteroatoms. The van der Waals surface area contributed by atoms with Crippen molar-refractivity contribution in [3.63, 3.8) is 0 Å². The number of rotatable bonds is 6. The Morgan fingerprint density at radius 2 is 2.19 bits per heavy atom. The normalized spacial score (nSPS) is 22.2. The molecule has 2 atom stereocenters. The fraction of sp³-hybridized carbons (Fsp3) is 0.533. The molecule has 0 bridgehead atoms. The minimum absolute atomic E-state index is 0.00163. The number of carboxylic acid groups (broad SMARTS) is 1. The van der Waals surface area contributed by atoms with E-state index in [1.165, 1.54) is 4.90 Å². The van der Waals surface area contributed by atoms with Gasteiger partial charge in [0.05, 0.1) is 19.3 Å². The van der Waals surface area contributed by atoms with Crippen molar-refractivity contribution in [3.8, 4) is 0 Å². The maximum Gasteiger partial charge on any atom is 0.407 e. The van der Waals surface area contributed by atoms with E-state index in [0.29, 0.717) is 19.5 Å². The maximum absolute atomic E-state index is 12.3. The number of piperidine rings is 1. The van der Waals surface area contributed by atoms with Crippen LogP contribution < -0.4 is 5.32 Å². The van der Waals surface area contributed by atoms with Gasteiger partial charge in [-0.15, -0.1) is 0 Å². The molecule has 1 amide bonds. The number of nitrogens with zero attached hydrogens (tertiary/aromatic N) is 1. The van der Waals surface area contributed by atoms with Gasteiger partial charge in [-0.1, -0.05) is 30.3 Å². The summed E-state index contributed by atoms with van der Waals surface area (Å²) in [6.07, 6.45) is -0.601. The van der Waals surface area contributed by atoms with Crippen molar-refractivity contribution in [2.45, 2.75) is 25.1 Å². The lowest BCUT2D eigenvalue weighted by Gasteiger charge is -2.37. The number of amides is 1. The minimum atomic E-state index is -0.953. The van der Waals surface area contributed by atoms with Crippen LogP contribution >= 0.6 is 0 Å². The van der Waals surface area contributed by atoms with E-state index in [1.54, 1.807) is 0 Å². The monoisotopic (exact) mass is 296 g/mol. The minimum Gasteiger partial charge on any atom is -0.465 e. The predicted octanol–water partition coefficient (Wildman–Crippen LogP) is 1.88. The second kappa shape index (κ2) is 7.95. The zero-order chi connectivity index (χ0) is 15.1. The molecule has 1 aliphatic rings. The standard InChI is InChI=1S/C15H21FN2O3/c16-7-9-21-14-11-18(15(19)20)8-6-13(14)17-10-12-4-2-1-3-5-12/h1-5,13-14,17H,6-11H2,(H,19,20)/t13-,14+/m1/s1. The SMILES string of the molecule is O=C(O)N1CC[C@@H](NCc2ccccc2)[C@@H](OCCF)C1. The van der Waals surface area contributed by atoms with Crippen LogP contribution in [0.4, 0.5) is 9.18 Å². The molecule has 0 unspecified atom stereocenters. The molecule has 1 saturated heterocycles. The predicted molar refractivity (Wildman–Crippen MR) is 77.0 cm³/mol. The lowest BCUT2D eigenvalue weighted by molar-refractivity contribution is -0.0222. The Bertz CT molecular complexity index is 444. The van der Waals surface area contributed by atoms with Crippen molar-refractivity contribution in [1.82, 2.24) is 10.2 Å². The molecule has 1 fully saturated rings. The topological polar surface area (TPSA) is 61.8 Å². The van der Waals surface area contributed by atoms with Gasteiger partial charge in [-0.05, 0) is 12.0 Å². The van der Waals surface area contributed by atoms with E-state index in [2.05, 4.69) is 5.32 Å². The zero-order valence-electron chi connectivity index (χ0n) is 11.9. The van der Waals surface area contributed by atoms with Gasteiger partial charge >= 0.3 is 6.09 Å². The first-order valence-electron chi connectivity index (χ1n) is 7.13. The number of alkyl halides is 1. The first kappa shape index (κ1) is 15.7. The summed E-state index contributed by atoms with van der Waals surface area (Å²) >= 11 is 0. The van der Waals surface area contributed by atoms with Crippen LogP contribution in [0.3, 0.4) is 0 Å². The first-order chi connectivity index (χ1) is 10.2. The van der Waals surface area contributed by atoms with Gasteiger partial charge in [0.2, 0.25) is 0 Å². The van der Waals surface area contributed by atoms with Gasteiger partial charge in [-0.3, -0.25) is 0 Å². The highest BCUT2D eigenvalue weighted by molar-refractivity contribution is 5.65. The quantitative estimate of drug-likeness (QED) is 0.841. The van der Waals surface area contributed by atoms with E-state index in [4.69, 9.17) is 9.84 Å². The molecule has 1 aliphatic heterocycles. The number of benzene rings is 1. The molecule has 2 rings (SSSR count). The molecule has 1 aromatic rings. The second-order valence-corrected chi connectivity index (χ2v) is 5.09. The molecular formula is C15H21FN2O3. The Labute approximate surface area is 123 Å². The van der Waals surface area contributed by atoms with Gasteiger partial charge in [0, 0.05) is 19.1 Å². The number of likely N-dealkylation sites (tertiary alicyclic amines) is 1. The fourth-order valence-electron chi connectivity index (χ4n) is 2.53. The average Bonchev–Trinajstić information content (AvgIpc) is 2.52. The van der Waals surface area contributed by atoms with Gasteiger partial charge in [-0.25, -0.2) is 9.18 Å². The molecule has 21 heavy (non-hydrogen) atoms. The van der Waals surface area contributed by atoms with Crippen molar-refractivity contribution in [2.75, 3.05) is 26.4 Å². The third-order valence-corrected chi connectivity index (χ3v) is 3.65. The molecule has 0 saturated carbocycles. The molecule has 0 spiro atoms. The van der Waals surface area contributed by atoms with Crippen LogP contribution in [0, 0.1) is 0 Å². The average molecular weight is 296 g/mol. The number of hydrogen-bond acceptors (Lipinski definition) is 3. The summed E-state index contributed by atoms with van der Waals surface area (Å²) in [5, 5.41) is 12.4. The molecule has 0 radical (unpaired) electrons. The van der Waals surface area contributed by atoms with Crippen LogP contribution in [0.2, 0.25) is 0 Å². The summed E-state index contributed by atoms with van der Waals surface area (Å²) < 4.78 is 17.8. The van der Waals surface area contributed by atoms with Crippen LogP contribution in [0.5, 0.6) is 0 Å². The highest BCUT2D eigenvalue weighted by atomic mass is 19.1. The van der Waals surface area contributed by atoms with Crippen molar-refractivity contribution < 1.29 is 19.0 Å². The Kier molecular flexibility index (Phi) is 5.95. The number of carbonyl (C=O) groups is 1. The second-order valence-electron chi connectivity index (χ2n) is 5.09. The van der Waals surface area contributed by atoms with Gasteiger partial charge in [0.25, 0.3) is 0 Å². The van der Waals surface area contributed by atoms with E-state index in [1.807, 2.05) is 30.3 Å². The van der Waals surface area contributed by atoms with Crippen molar-refractivity contribution in [1.29, 1.82) is 0 Å². The molecule has 1 aromatic carbocycles. The Balaban J connectivity index is 1.91. The van der Waals surface area contributed by atoms with Gasteiger partial charge in [0.15, 0.2) is 0 Å². The summed E-state index contributed by atoms with van der Waals surface area (Å²) in [6.45, 7) is 0.879.